The Morgan fingerprint density at radius 2 is 1.89 bits per heavy atom. The average molecular weight is 508 g/mol. The second-order valence-corrected chi connectivity index (χ2v) is 8.06. The van der Waals surface area contributed by atoms with Crippen molar-refractivity contribution in [2.75, 3.05) is 12.3 Å². The Bertz CT molecular complexity index is 1390. The first-order valence-electron chi connectivity index (χ1n) is 10.3. The lowest BCUT2D eigenvalue weighted by molar-refractivity contribution is -0.137. The fraction of sp³-hybridized carbons (Fsp3) is 0.174. The number of rotatable bonds is 6. The summed E-state index contributed by atoms with van der Waals surface area (Å²) >= 11 is 6.09. The van der Waals surface area contributed by atoms with Gasteiger partial charge in [-0.15, -0.1) is 5.10 Å². The molecule has 4 N–H and O–H groups in total. The number of carbonyl (C=O) groups excluding carboxylic acids is 1. The standard InChI is InChI=1S/C23H18ClF4N5O2/c24-16-6-5-15(13-8-10-33-18(11-13)31-22(29)32-33)20(25)19(16)21(35)30-9-7-17(34)12-1-3-14(4-2-12)23(26,27)28/h1-6,8,10-11,17,34H,7,9H2,(H2,29,32)(H,30,35)/t17-/m0/s1. The van der Waals surface area contributed by atoms with Crippen LogP contribution in [-0.2, 0) is 6.18 Å². The highest BCUT2D eigenvalue weighted by Gasteiger charge is 2.30. The maximum atomic E-state index is 15.3. The Hall–Kier alpha value is -3.70. The normalized spacial score (nSPS) is 12.6. The second-order valence-electron chi connectivity index (χ2n) is 7.65. The van der Waals surface area contributed by atoms with Crippen LogP contribution < -0.4 is 11.1 Å². The molecular formula is C23H18ClF4N5O2. The minimum atomic E-state index is -4.48. The van der Waals surface area contributed by atoms with Gasteiger partial charge < -0.3 is 16.2 Å². The van der Waals surface area contributed by atoms with Crippen LogP contribution in [0, 0.1) is 5.82 Å². The molecule has 2 heterocycles. The quantitative estimate of drug-likeness (QED) is 0.330. The number of pyridine rings is 1. The van der Waals surface area contributed by atoms with Gasteiger partial charge in [-0.25, -0.2) is 8.91 Å². The predicted octanol–water partition coefficient (Wildman–Crippen LogP) is 4.64. The third-order valence-corrected chi connectivity index (χ3v) is 5.62. The number of alkyl halides is 3. The van der Waals surface area contributed by atoms with Crippen LogP contribution in [0.5, 0.6) is 0 Å². The van der Waals surface area contributed by atoms with Crippen molar-refractivity contribution in [1.29, 1.82) is 0 Å². The highest BCUT2D eigenvalue weighted by molar-refractivity contribution is 6.34. The number of hydrogen-bond donors (Lipinski definition) is 3. The van der Waals surface area contributed by atoms with Crippen LogP contribution in [0.2, 0.25) is 5.02 Å². The van der Waals surface area contributed by atoms with E-state index in [0.717, 1.165) is 24.3 Å². The van der Waals surface area contributed by atoms with Gasteiger partial charge in [0.15, 0.2) is 5.65 Å². The summed E-state index contributed by atoms with van der Waals surface area (Å²) < 4.78 is 54.8. The van der Waals surface area contributed by atoms with Crippen LogP contribution in [0.1, 0.15) is 34.0 Å². The van der Waals surface area contributed by atoms with E-state index in [1.54, 1.807) is 18.3 Å². The topological polar surface area (TPSA) is 106 Å². The van der Waals surface area contributed by atoms with Crippen LogP contribution in [-0.4, -0.2) is 32.2 Å². The summed E-state index contributed by atoms with van der Waals surface area (Å²) in [4.78, 5) is 16.7. The number of nitrogens with zero attached hydrogens (tertiary/aromatic N) is 3. The highest BCUT2D eigenvalue weighted by Crippen LogP contribution is 2.31. The molecule has 35 heavy (non-hydrogen) atoms. The smallest absolute Gasteiger partial charge is 0.388 e. The number of halogens is 5. The Balaban J connectivity index is 1.46. The predicted molar refractivity (Wildman–Crippen MR) is 121 cm³/mol. The van der Waals surface area contributed by atoms with E-state index in [9.17, 15) is 23.1 Å². The van der Waals surface area contributed by atoms with Crippen LogP contribution in [0.25, 0.3) is 16.8 Å². The lowest BCUT2D eigenvalue weighted by atomic mass is 10.0. The molecule has 0 radical (unpaired) electrons. The molecule has 0 aliphatic rings. The fourth-order valence-electron chi connectivity index (χ4n) is 3.52. The molecule has 4 rings (SSSR count). The molecule has 0 bridgehead atoms. The molecule has 1 atom stereocenters. The van der Waals surface area contributed by atoms with Gasteiger partial charge in [0, 0.05) is 18.3 Å². The van der Waals surface area contributed by atoms with E-state index in [4.69, 9.17) is 17.3 Å². The number of nitrogens with one attached hydrogen (secondary N) is 1. The minimum Gasteiger partial charge on any atom is -0.388 e. The van der Waals surface area contributed by atoms with Crippen molar-refractivity contribution in [3.63, 3.8) is 0 Å². The number of anilines is 1. The number of hydrogen-bond acceptors (Lipinski definition) is 5. The molecule has 0 saturated carbocycles. The van der Waals surface area contributed by atoms with Gasteiger partial charge in [-0.3, -0.25) is 4.79 Å². The molecular weight excluding hydrogens is 490 g/mol. The van der Waals surface area contributed by atoms with Gasteiger partial charge in [0.2, 0.25) is 5.95 Å². The summed E-state index contributed by atoms with van der Waals surface area (Å²) in [6, 6.07) is 9.99. The number of aromatic nitrogens is 3. The van der Waals surface area contributed by atoms with Gasteiger partial charge in [0.05, 0.1) is 22.3 Å². The third kappa shape index (κ3) is 5.20. The minimum absolute atomic E-state index is 0.0129. The Morgan fingerprint density at radius 1 is 1.17 bits per heavy atom. The second kappa shape index (κ2) is 9.51. The van der Waals surface area contributed by atoms with Crippen molar-refractivity contribution < 1.29 is 27.5 Å². The van der Waals surface area contributed by atoms with Gasteiger partial charge in [-0.2, -0.15) is 18.2 Å². The fourth-order valence-corrected chi connectivity index (χ4v) is 3.75. The summed E-state index contributed by atoms with van der Waals surface area (Å²) in [5, 5.41) is 16.6. The molecule has 2 aromatic carbocycles. The number of aliphatic hydroxyl groups is 1. The number of aliphatic hydroxyl groups excluding tert-OH is 1. The van der Waals surface area contributed by atoms with Gasteiger partial charge >= 0.3 is 6.18 Å². The molecule has 182 valence electrons. The number of benzene rings is 2. The summed E-state index contributed by atoms with van der Waals surface area (Å²) in [6.45, 7) is -0.0774. The van der Waals surface area contributed by atoms with E-state index < -0.39 is 29.6 Å². The lowest BCUT2D eigenvalue weighted by Crippen LogP contribution is -2.27. The van der Waals surface area contributed by atoms with Crippen molar-refractivity contribution in [3.05, 3.63) is 82.3 Å². The van der Waals surface area contributed by atoms with Gasteiger partial charge in [0.1, 0.15) is 5.82 Å². The number of amides is 1. The van der Waals surface area contributed by atoms with Crippen LogP contribution in [0.3, 0.4) is 0 Å². The van der Waals surface area contributed by atoms with Crippen molar-refractivity contribution in [1.82, 2.24) is 19.9 Å². The molecule has 0 aliphatic carbocycles. The zero-order valence-electron chi connectivity index (χ0n) is 17.9. The first-order chi connectivity index (χ1) is 16.5. The van der Waals surface area contributed by atoms with Crippen molar-refractivity contribution in [3.8, 4) is 11.1 Å². The van der Waals surface area contributed by atoms with E-state index in [2.05, 4.69) is 15.4 Å². The zero-order valence-corrected chi connectivity index (χ0v) is 18.6. The van der Waals surface area contributed by atoms with Gasteiger partial charge in [-0.1, -0.05) is 23.7 Å². The SMILES string of the molecule is Nc1nc2cc(-c3ccc(Cl)c(C(=O)NCC[C@H](O)c4ccc(C(F)(F)F)cc4)c3F)ccn2n1. The van der Waals surface area contributed by atoms with Gasteiger partial charge in [-0.05, 0) is 53.9 Å². The van der Waals surface area contributed by atoms with E-state index in [1.165, 1.54) is 16.6 Å². The van der Waals surface area contributed by atoms with Crippen LogP contribution in [0.15, 0.2) is 54.7 Å². The van der Waals surface area contributed by atoms with E-state index in [1.807, 2.05) is 0 Å². The largest absolute Gasteiger partial charge is 0.416 e. The van der Waals surface area contributed by atoms with Gasteiger partial charge in [0.25, 0.3) is 5.91 Å². The van der Waals surface area contributed by atoms with E-state index in [-0.39, 0.29) is 40.6 Å². The maximum Gasteiger partial charge on any atom is 0.416 e. The number of nitrogens with two attached hydrogens (primary N) is 1. The van der Waals surface area contributed by atoms with Crippen molar-refractivity contribution in [2.24, 2.45) is 0 Å². The number of nitrogen functional groups attached to an aromatic ring is 1. The monoisotopic (exact) mass is 507 g/mol. The van der Waals surface area contributed by atoms with Crippen LogP contribution in [0.4, 0.5) is 23.5 Å². The molecule has 0 fully saturated rings. The Labute approximate surface area is 201 Å². The highest BCUT2D eigenvalue weighted by atomic mass is 35.5. The van der Waals surface area contributed by atoms with Crippen LogP contribution >= 0.6 is 11.6 Å². The third-order valence-electron chi connectivity index (χ3n) is 5.31. The lowest BCUT2D eigenvalue weighted by Gasteiger charge is -2.14. The maximum absolute atomic E-state index is 15.3. The van der Waals surface area contributed by atoms with E-state index >= 15 is 4.39 Å². The zero-order chi connectivity index (χ0) is 25.3. The molecule has 0 unspecified atom stereocenters. The Kier molecular flexibility index (Phi) is 6.64. The molecule has 2 aromatic heterocycles. The van der Waals surface area contributed by atoms with Crippen molar-refractivity contribution in [2.45, 2.75) is 18.7 Å². The summed E-state index contributed by atoms with van der Waals surface area (Å²) in [7, 11) is 0. The molecule has 0 spiro atoms. The summed E-state index contributed by atoms with van der Waals surface area (Å²) in [5.74, 6) is -1.60. The average Bonchev–Trinajstić information content (AvgIpc) is 3.18. The Morgan fingerprint density at radius 3 is 2.57 bits per heavy atom. The molecule has 4 aromatic rings. The molecule has 12 heteroatoms. The number of carbonyl (C=O) groups is 1. The summed E-state index contributed by atoms with van der Waals surface area (Å²) in [6.07, 6.45) is -4.08. The molecule has 1 amide bonds. The first kappa shape index (κ1) is 24.4. The molecule has 7 nitrogen and oxygen atoms in total. The van der Waals surface area contributed by atoms with E-state index in [0.29, 0.717) is 11.2 Å². The number of fused-ring (bicyclic) bond motifs is 1. The summed E-state index contributed by atoms with van der Waals surface area (Å²) in [5.41, 5.74) is 5.52. The first-order valence-corrected chi connectivity index (χ1v) is 10.7. The van der Waals surface area contributed by atoms with Crippen molar-refractivity contribution >= 4 is 29.1 Å². The molecule has 0 saturated heterocycles. The molecule has 0 aliphatic heterocycles.